The Labute approximate surface area is 271 Å². The summed E-state index contributed by atoms with van der Waals surface area (Å²) >= 11 is 0. The molecule has 47 heavy (non-hydrogen) atoms. The number of benzene rings is 2. The number of aryl methyl sites for hydroxylation is 1. The highest BCUT2D eigenvalue weighted by atomic mass is 19.1. The van der Waals surface area contributed by atoms with Crippen LogP contribution in [0.4, 0.5) is 19.0 Å². The number of halogens is 3. The van der Waals surface area contributed by atoms with Gasteiger partial charge in [0.2, 0.25) is 0 Å². The number of nitrogens with zero attached hydrogens (tertiary/aromatic N) is 5. The molecule has 2 N–H and O–H groups in total. The summed E-state index contributed by atoms with van der Waals surface area (Å²) in [6.45, 7) is 7.41. The molecular formula is C35H40F3N5O4. The topological polar surface area (TPSA) is 104 Å². The summed E-state index contributed by atoms with van der Waals surface area (Å²) in [6, 6.07) is 5.70. The van der Waals surface area contributed by atoms with Crippen LogP contribution >= 0.6 is 0 Å². The standard InChI is InChI=1S/C35H40F3N5O4/c1-4-23-16-42(17-34(3,45)18-46-23)32-26-14-39-30(25-12-22(44)11-20-7-8-27(37)24(5-2)28(20)25)29(38)31(26)40-33(41-32)47-19-35-9-6-10-43(35)15-21(36)13-35/h7-8,11-12,14,21,23,44-45H,4-6,9-10,13,15-19H2,1-3H3/t21-,23+,34-,35+/m1/s1. The van der Waals surface area contributed by atoms with Crippen LogP contribution < -0.4 is 9.64 Å². The van der Waals surface area contributed by atoms with E-state index in [0.717, 1.165) is 19.4 Å². The molecule has 3 fully saturated rings. The van der Waals surface area contributed by atoms with Crippen molar-refractivity contribution in [1.29, 1.82) is 0 Å². The van der Waals surface area contributed by atoms with Crippen molar-refractivity contribution >= 4 is 27.5 Å². The molecule has 3 aliphatic heterocycles. The largest absolute Gasteiger partial charge is 0.508 e. The molecule has 2 aromatic heterocycles. The number of phenolic OH excluding ortho intramolecular Hbond substituents is 1. The van der Waals surface area contributed by atoms with E-state index >= 15 is 4.39 Å². The van der Waals surface area contributed by atoms with Crippen molar-refractivity contribution in [3.63, 3.8) is 0 Å². The van der Waals surface area contributed by atoms with Gasteiger partial charge in [0.1, 0.15) is 47.0 Å². The van der Waals surface area contributed by atoms with E-state index in [9.17, 15) is 19.0 Å². The minimum atomic E-state index is -1.22. The Morgan fingerprint density at radius 1 is 1.15 bits per heavy atom. The normalized spacial score (nSPS) is 26.7. The molecule has 7 rings (SSSR count). The van der Waals surface area contributed by atoms with Gasteiger partial charge in [-0.1, -0.05) is 19.9 Å². The molecule has 2 aromatic carbocycles. The molecule has 12 heteroatoms. The first kappa shape index (κ1) is 31.8. The molecule has 0 unspecified atom stereocenters. The van der Waals surface area contributed by atoms with Gasteiger partial charge in [0, 0.05) is 31.3 Å². The van der Waals surface area contributed by atoms with Gasteiger partial charge >= 0.3 is 6.01 Å². The molecule has 3 saturated heterocycles. The number of ether oxygens (including phenoxy) is 2. The van der Waals surface area contributed by atoms with Gasteiger partial charge < -0.3 is 24.6 Å². The van der Waals surface area contributed by atoms with Gasteiger partial charge in [-0.3, -0.25) is 9.88 Å². The number of fused-ring (bicyclic) bond motifs is 3. The molecule has 250 valence electrons. The van der Waals surface area contributed by atoms with Crippen molar-refractivity contribution in [2.45, 2.75) is 76.3 Å². The molecule has 4 aromatic rings. The van der Waals surface area contributed by atoms with E-state index in [1.807, 2.05) is 18.7 Å². The summed E-state index contributed by atoms with van der Waals surface area (Å²) in [6.07, 6.45) is 3.39. The minimum Gasteiger partial charge on any atom is -0.508 e. The van der Waals surface area contributed by atoms with Gasteiger partial charge in [-0.05, 0) is 73.7 Å². The second-order valence-electron chi connectivity index (χ2n) is 13.6. The molecule has 0 bridgehead atoms. The highest BCUT2D eigenvalue weighted by Crippen LogP contribution is 2.42. The Kier molecular flexibility index (Phi) is 8.16. The molecule has 4 atom stereocenters. The molecule has 0 saturated carbocycles. The Balaban J connectivity index is 1.40. The van der Waals surface area contributed by atoms with Crippen molar-refractivity contribution in [3.05, 3.63) is 47.7 Å². The van der Waals surface area contributed by atoms with E-state index in [1.54, 1.807) is 13.0 Å². The number of pyridine rings is 1. The fraction of sp³-hybridized carbons (Fsp3) is 0.514. The van der Waals surface area contributed by atoms with Crippen molar-refractivity contribution < 1.29 is 32.9 Å². The first-order valence-electron chi connectivity index (χ1n) is 16.4. The lowest BCUT2D eigenvalue weighted by Crippen LogP contribution is -2.44. The monoisotopic (exact) mass is 651 g/mol. The van der Waals surface area contributed by atoms with Crippen molar-refractivity contribution in [2.75, 3.05) is 44.3 Å². The van der Waals surface area contributed by atoms with Crippen molar-refractivity contribution in [3.8, 4) is 23.0 Å². The molecule has 5 heterocycles. The fourth-order valence-electron chi connectivity index (χ4n) is 7.72. The van der Waals surface area contributed by atoms with Crippen LogP contribution in [0.3, 0.4) is 0 Å². The first-order valence-corrected chi connectivity index (χ1v) is 16.4. The van der Waals surface area contributed by atoms with Crippen LogP contribution in [0.15, 0.2) is 30.5 Å². The summed E-state index contributed by atoms with van der Waals surface area (Å²) in [4.78, 5) is 17.8. The van der Waals surface area contributed by atoms with Gasteiger partial charge in [-0.25, -0.2) is 13.2 Å². The van der Waals surface area contributed by atoms with E-state index in [1.165, 1.54) is 24.4 Å². The van der Waals surface area contributed by atoms with Gasteiger partial charge in [0.15, 0.2) is 5.82 Å². The second-order valence-corrected chi connectivity index (χ2v) is 13.6. The number of alkyl halides is 1. The molecule has 0 amide bonds. The maximum absolute atomic E-state index is 16.9. The smallest absolute Gasteiger partial charge is 0.319 e. The highest BCUT2D eigenvalue weighted by Gasteiger charge is 2.49. The molecule has 3 aliphatic rings. The van der Waals surface area contributed by atoms with Crippen LogP contribution in [-0.4, -0.2) is 92.9 Å². The number of rotatable bonds is 7. The Morgan fingerprint density at radius 3 is 2.77 bits per heavy atom. The van der Waals surface area contributed by atoms with Crippen molar-refractivity contribution in [1.82, 2.24) is 19.9 Å². The predicted molar refractivity (Wildman–Crippen MR) is 173 cm³/mol. The van der Waals surface area contributed by atoms with Crippen LogP contribution in [0.25, 0.3) is 32.9 Å². The molecule has 0 radical (unpaired) electrons. The van der Waals surface area contributed by atoms with Gasteiger partial charge in [0.05, 0.1) is 30.2 Å². The number of β-amino-alcohol motifs (C(OH)–C–C–N with tert-alkyl or cyclic N) is 1. The maximum atomic E-state index is 16.9. The predicted octanol–water partition coefficient (Wildman–Crippen LogP) is 5.71. The number of phenols is 1. The van der Waals surface area contributed by atoms with Gasteiger partial charge in [-0.2, -0.15) is 9.97 Å². The molecular weight excluding hydrogens is 611 g/mol. The average molecular weight is 652 g/mol. The average Bonchev–Trinajstić information content (AvgIpc) is 3.51. The zero-order valence-corrected chi connectivity index (χ0v) is 26.9. The summed E-state index contributed by atoms with van der Waals surface area (Å²) in [5.74, 6) is -1.01. The van der Waals surface area contributed by atoms with Crippen LogP contribution in [-0.2, 0) is 11.2 Å². The first-order chi connectivity index (χ1) is 22.5. The lowest BCUT2D eigenvalue weighted by Gasteiger charge is -2.31. The van der Waals surface area contributed by atoms with E-state index < -0.39 is 28.9 Å². The summed E-state index contributed by atoms with van der Waals surface area (Å²) in [5, 5.41) is 23.0. The zero-order valence-electron chi connectivity index (χ0n) is 26.9. The zero-order chi connectivity index (χ0) is 33.1. The lowest BCUT2D eigenvalue weighted by molar-refractivity contribution is -0.0404. The maximum Gasteiger partial charge on any atom is 0.319 e. The summed E-state index contributed by atoms with van der Waals surface area (Å²) in [7, 11) is 0. The summed E-state index contributed by atoms with van der Waals surface area (Å²) < 4.78 is 58.6. The van der Waals surface area contributed by atoms with Gasteiger partial charge in [-0.15, -0.1) is 0 Å². The fourth-order valence-corrected chi connectivity index (χ4v) is 7.72. The van der Waals surface area contributed by atoms with Crippen LogP contribution in [0.5, 0.6) is 11.8 Å². The van der Waals surface area contributed by atoms with E-state index in [0.29, 0.717) is 59.9 Å². The Bertz CT molecular complexity index is 1840. The Morgan fingerprint density at radius 2 is 1.98 bits per heavy atom. The molecule has 0 aliphatic carbocycles. The highest BCUT2D eigenvalue weighted by molar-refractivity contribution is 6.01. The van der Waals surface area contributed by atoms with Crippen LogP contribution in [0.2, 0.25) is 0 Å². The number of hydrogen-bond donors (Lipinski definition) is 2. The van der Waals surface area contributed by atoms with Crippen LogP contribution in [0.1, 0.15) is 52.0 Å². The van der Waals surface area contributed by atoms with Crippen LogP contribution in [0, 0.1) is 11.6 Å². The molecule has 0 spiro atoms. The quantitative estimate of drug-likeness (QED) is 0.260. The van der Waals surface area contributed by atoms with E-state index in [-0.39, 0.29) is 54.4 Å². The number of aromatic nitrogens is 3. The number of aliphatic hydroxyl groups is 1. The van der Waals surface area contributed by atoms with E-state index in [4.69, 9.17) is 14.5 Å². The summed E-state index contributed by atoms with van der Waals surface area (Å²) in [5.41, 5.74) is -1.27. The number of aromatic hydroxyl groups is 1. The second kappa shape index (κ2) is 12.1. The number of hydrogen-bond acceptors (Lipinski definition) is 9. The van der Waals surface area contributed by atoms with Crippen molar-refractivity contribution in [2.24, 2.45) is 0 Å². The number of anilines is 1. The SMILES string of the molecule is CCc1c(F)ccc2cc(O)cc(-c3ncc4c(N5C[C@H](CC)OC[C@](C)(O)C5)nc(OC[C@@]56CCCN5C[C@H](F)C6)nc4c3F)c12. The third-order valence-electron chi connectivity index (χ3n) is 9.98. The third-order valence-corrected chi connectivity index (χ3v) is 9.98. The minimum absolute atomic E-state index is 0.0747. The van der Waals surface area contributed by atoms with E-state index in [2.05, 4.69) is 14.9 Å². The third kappa shape index (κ3) is 5.74. The molecule has 9 nitrogen and oxygen atoms in total. The Hall–Kier alpha value is -3.74. The van der Waals surface area contributed by atoms with Gasteiger partial charge in [0.25, 0.3) is 0 Å². The lowest BCUT2D eigenvalue weighted by atomic mass is 9.94.